The van der Waals surface area contributed by atoms with Crippen LogP contribution in [0, 0.1) is 13.8 Å². The van der Waals surface area contributed by atoms with Gasteiger partial charge in [-0.25, -0.2) is 4.79 Å². The number of carbonyl (C=O) groups is 2. The SMILES string of the molecule is COC(=O)c1cc(CN2CCN(C(=O)c3cc(C)no3)CC2)oc1C. The Balaban J connectivity index is 1.56. The summed E-state index contributed by atoms with van der Waals surface area (Å²) in [7, 11) is 1.35. The molecule has 1 aliphatic rings. The van der Waals surface area contributed by atoms with Crippen molar-refractivity contribution in [3.05, 3.63) is 40.7 Å². The molecule has 0 N–H and O–H groups in total. The number of ether oxygens (including phenoxy) is 1. The highest BCUT2D eigenvalue weighted by Crippen LogP contribution is 2.18. The van der Waals surface area contributed by atoms with Crippen molar-refractivity contribution < 1.29 is 23.3 Å². The molecule has 3 heterocycles. The lowest BCUT2D eigenvalue weighted by molar-refractivity contribution is 0.0578. The molecule has 0 saturated carbocycles. The number of amides is 1. The van der Waals surface area contributed by atoms with Gasteiger partial charge in [-0.1, -0.05) is 5.16 Å². The van der Waals surface area contributed by atoms with E-state index < -0.39 is 5.97 Å². The fourth-order valence-electron chi connectivity index (χ4n) is 2.88. The molecular formula is C17H21N3O5. The van der Waals surface area contributed by atoms with Crippen molar-refractivity contribution in [2.24, 2.45) is 0 Å². The van der Waals surface area contributed by atoms with E-state index in [9.17, 15) is 9.59 Å². The first-order valence-corrected chi connectivity index (χ1v) is 8.10. The lowest BCUT2D eigenvalue weighted by Gasteiger charge is -2.33. The van der Waals surface area contributed by atoms with Gasteiger partial charge in [0.2, 0.25) is 5.76 Å². The molecule has 0 spiro atoms. The highest BCUT2D eigenvalue weighted by atomic mass is 16.5. The number of rotatable bonds is 4. The van der Waals surface area contributed by atoms with Crippen molar-refractivity contribution in [1.29, 1.82) is 0 Å². The van der Waals surface area contributed by atoms with Gasteiger partial charge < -0.3 is 18.6 Å². The van der Waals surface area contributed by atoms with E-state index in [1.165, 1.54) is 7.11 Å². The number of piperazine rings is 1. The van der Waals surface area contributed by atoms with Gasteiger partial charge >= 0.3 is 5.97 Å². The molecule has 8 nitrogen and oxygen atoms in total. The van der Waals surface area contributed by atoms with E-state index in [2.05, 4.69) is 10.1 Å². The van der Waals surface area contributed by atoms with Gasteiger partial charge in [-0.3, -0.25) is 9.69 Å². The van der Waals surface area contributed by atoms with Crippen molar-refractivity contribution in [3.63, 3.8) is 0 Å². The summed E-state index contributed by atoms with van der Waals surface area (Å²) in [6.45, 7) is 6.74. The number of carbonyl (C=O) groups excluding carboxylic acids is 2. The van der Waals surface area contributed by atoms with E-state index >= 15 is 0 Å². The average Bonchev–Trinajstić information content (AvgIpc) is 3.20. The summed E-state index contributed by atoms with van der Waals surface area (Å²) in [6, 6.07) is 3.37. The van der Waals surface area contributed by atoms with Gasteiger partial charge in [0.05, 0.1) is 19.3 Å². The maximum absolute atomic E-state index is 12.3. The Morgan fingerprint density at radius 3 is 2.52 bits per heavy atom. The predicted octanol–water partition coefficient (Wildman–Crippen LogP) is 1.63. The molecule has 0 radical (unpaired) electrons. The number of furan rings is 1. The van der Waals surface area contributed by atoms with Crippen LogP contribution in [-0.2, 0) is 11.3 Å². The van der Waals surface area contributed by atoms with Crippen molar-refractivity contribution in [2.45, 2.75) is 20.4 Å². The van der Waals surface area contributed by atoms with Gasteiger partial charge in [0, 0.05) is 32.2 Å². The van der Waals surface area contributed by atoms with Gasteiger partial charge in [0.25, 0.3) is 5.91 Å². The summed E-state index contributed by atoms with van der Waals surface area (Å²) in [4.78, 5) is 27.9. The number of aromatic nitrogens is 1. The maximum Gasteiger partial charge on any atom is 0.341 e. The van der Waals surface area contributed by atoms with Crippen LogP contribution in [0.3, 0.4) is 0 Å². The predicted molar refractivity (Wildman–Crippen MR) is 87.2 cm³/mol. The topological polar surface area (TPSA) is 89.0 Å². The third-order valence-corrected chi connectivity index (χ3v) is 4.25. The van der Waals surface area contributed by atoms with E-state index in [0.717, 1.165) is 0 Å². The summed E-state index contributed by atoms with van der Waals surface area (Å²) in [5.74, 6) is 1.00. The minimum absolute atomic E-state index is 0.137. The normalized spacial score (nSPS) is 15.4. The molecule has 0 bridgehead atoms. The Hall–Kier alpha value is -2.61. The number of aryl methyl sites for hydroxylation is 2. The van der Waals surface area contributed by atoms with Crippen molar-refractivity contribution in [2.75, 3.05) is 33.3 Å². The number of hydrogen-bond donors (Lipinski definition) is 0. The van der Waals surface area contributed by atoms with Crippen LogP contribution in [0.4, 0.5) is 0 Å². The van der Waals surface area contributed by atoms with E-state index in [-0.39, 0.29) is 11.7 Å². The first kappa shape index (κ1) is 17.2. The lowest BCUT2D eigenvalue weighted by atomic mass is 10.2. The molecule has 3 rings (SSSR count). The fraction of sp³-hybridized carbons (Fsp3) is 0.471. The van der Waals surface area contributed by atoms with Crippen LogP contribution >= 0.6 is 0 Å². The maximum atomic E-state index is 12.3. The average molecular weight is 347 g/mol. The summed E-state index contributed by atoms with van der Waals surface area (Å²) < 4.78 is 15.4. The van der Waals surface area contributed by atoms with E-state index in [4.69, 9.17) is 13.7 Å². The summed E-state index contributed by atoms with van der Waals surface area (Å²) >= 11 is 0. The molecule has 1 saturated heterocycles. The second-order valence-electron chi connectivity index (χ2n) is 6.08. The van der Waals surface area contributed by atoms with Crippen molar-refractivity contribution in [1.82, 2.24) is 15.0 Å². The van der Waals surface area contributed by atoms with E-state index in [0.29, 0.717) is 55.5 Å². The second-order valence-corrected chi connectivity index (χ2v) is 6.08. The van der Waals surface area contributed by atoms with Gasteiger partial charge in [-0.05, 0) is 19.9 Å². The Morgan fingerprint density at radius 1 is 1.20 bits per heavy atom. The van der Waals surface area contributed by atoms with Gasteiger partial charge in [-0.2, -0.15) is 0 Å². The largest absolute Gasteiger partial charge is 0.465 e. The highest BCUT2D eigenvalue weighted by molar-refractivity contribution is 5.91. The summed E-state index contributed by atoms with van der Waals surface area (Å²) in [5.41, 5.74) is 1.14. The molecule has 0 aliphatic carbocycles. The molecule has 1 fully saturated rings. The lowest BCUT2D eigenvalue weighted by Crippen LogP contribution is -2.48. The molecular weight excluding hydrogens is 326 g/mol. The number of methoxy groups -OCH3 is 1. The number of nitrogens with zero attached hydrogens (tertiary/aromatic N) is 3. The second kappa shape index (κ2) is 7.10. The van der Waals surface area contributed by atoms with Crippen LogP contribution in [0.1, 0.15) is 38.1 Å². The molecule has 1 aliphatic heterocycles. The third-order valence-electron chi connectivity index (χ3n) is 4.25. The van der Waals surface area contributed by atoms with Gasteiger partial charge in [-0.15, -0.1) is 0 Å². The molecule has 0 unspecified atom stereocenters. The summed E-state index contributed by atoms with van der Waals surface area (Å²) in [5, 5.41) is 3.75. The fourth-order valence-corrected chi connectivity index (χ4v) is 2.88. The minimum Gasteiger partial charge on any atom is -0.465 e. The Morgan fingerprint density at radius 2 is 1.92 bits per heavy atom. The molecule has 2 aromatic heterocycles. The van der Waals surface area contributed by atoms with E-state index in [1.54, 1.807) is 30.9 Å². The number of esters is 1. The first-order valence-electron chi connectivity index (χ1n) is 8.10. The molecule has 8 heteroatoms. The molecule has 25 heavy (non-hydrogen) atoms. The Labute approximate surface area is 145 Å². The van der Waals surface area contributed by atoms with Crippen LogP contribution in [-0.4, -0.2) is 60.1 Å². The molecule has 2 aromatic rings. The van der Waals surface area contributed by atoms with Crippen LogP contribution in [0.15, 0.2) is 21.1 Å². The monoisotopic (exact) mass is 347 g/mol. The van der Waals surface area contributed by atoms with Crippen molar-refractivity contribution >= 4 is 11.9 Å². The van der Waals surface area contributed by atoms with E-state index in [1.807, 2.05) is 0 Å². The van der Waals surface area contributed by atoms with Crippen LogP contribution in [0.5, 0.6) is 0 Å². The Kier molecular flexibility index (Phi) is 4.89. The highest BCUT2D eigenvalue weighted by Gasteiger charge is 2.25. The zero-order valence-corrected chi connectivity index (χ0v) is 14.6. The molecule has 0 atom stereocenters. The summed E-state index contributed by atoms with van der Waals surface area (Å²) in [6.07, 6.45) is 0. The van der Waals surface area contributed by atoms with Crippen LogP contribution in [0.2, 0.25) is 0 Å². The molecule has 1 amide bonds. The van der Waals surface area contributed by atoms with Crippen molar-refractivity contribution in [3.8, 4) is 0 Å². The van der Waals surface area contributed by atoms with Gasteiger partial charge in [0.15, 0.2) is 0 Å². The van der Waals surface area contributed by atoms with Crippen LogP contribution in [0.25, 0.3) is 0 Å². The van der Waals surface area contributed by atoms with Crippen LogP contribution < -0.4 is 0 Å². The molecule has 0 aromatic carbocycles. The standard InChI is InChI=1S/C17H21N3O5/c1-11-8-15(25-18-11)16(21)20-6-4-19(5-7-20)10-13-9-14(12(2)24-13)17(22)23-3/h8-9H,4-7,10H2,1-3H3. The zero-order valence-electron chi connectivity index (χ0n) is 14.6. The van der Waals surface area contributed by atoms with Gasteiger partial charge in [0.1, 0.15) is 17.1 Å². The zero-order chi connectivity index (χ0) is 18.0. The molecule has 134 valence electrons. The minimum atomic E-state index is -0.398. The quantitative estimate of drug-likeness (QED) is 0.777. The smallest absolute Gasteiger partial charge is 0.341 e. The number of hydrogen-bond acceptors (Lipinski definition) is 7. The third kappa shape index (κ3) is 3.74. The first-order chi connectivity index (χ1) is 12.0. The Bertz CT molecular complexity index is 771.